The molecule has 0 atom stereocenters. The fourth-order valence-corrected chi connectivity index (χ4v) is 3.49. The van der Waals surface area contributed by atoms with E-state index in [9.17, 15) is 4.79 Å². The number of rotatable bonds is 11. The monoisotopic (exact) mass is 493 g/mol. The summed E-state index contributed by atoms with van der Waals surface area (Å²) < 4.78 is 27.7. The zero-order valence-electron chi connectivity index (χ0n) is 20.4. The Hall–Kier alpha value is -4.67. The fraction of sp³-hybridized carbons (Fsp3) is 0.240. The van der Waals surface area contributed by atoms with Crippen molar-refractivity contribution in [1.82, 2.24) is 14.8 Å². The molecule has 4 aromatic rings. The van der Waals surface area contributed by atoms with Crippen LogP contribution in [-0.2, 0) is 13.1 Å². The third-order valence-electron chi connectivity index (χ3n) is 5.33. The molecule has 188 valence electrons. The molecule has 0 aliphatic rings. The van der Waals surface area contributed by atoms with Gasteiger partial charge in [0.15, 0.2) is 28.8 Å². The van der Waals surface area contributed by atoms with E-state index in [0.717, 1.165) is 15.8 Å². The number of furan rings is 1. The summed E-state index contributed by atoms with van der Waals surface area (Å²) in [6, 6.07) is 14.3. The quantitative estimate of drug-likeness (QED) is 0.319. The molecule has 0 amide bonds. The van der Waals surface area contributed by atoms with E-state index in [2.05, 4.69) is 20.7 Å². The first kappa shape index (κ1) is 24.5. The van der Waals surface area contributed by atoms with Gasteiger partial charge in [-0.3, -0.25) is 4.79 Å². The highest BCUT2D eigenvalue weighted by atomic mass is 16.5. The Kier molecular flexibility index (Phi) is 7.59. The number of ether oxygens (including phenoxy) is 4. The second-order valence-electron chi connectivity index (χ2n) is 7.54. The van der Waals surface area contributed by atoms with E-state index >= 15 is 0 Å². The molecule has 2 N–H and O–H groups in total. The largest absolute Gasteiger partial charge is 0.493 e. The molecule has 2 heterocycles. The van der Waals surface area contributed by atoms with Gasteiger partial charge in [0.2, 0.25) is 11.9 Å². The number of anilines is 2. The van der Waals surface area contributed by atoms with Crippen LogP contribution in [0.4, 0.5) is 11.9 Å². The Morgan fingerprint density at radius 2 is 1.42 bits per heavy atom. The van der Waals surface area contributed by atoms with Gasteiger partial charge in [-0.2, -0.15) is 9.67 Å². The summed E-state index contributed by atoms with van der Waals surface area (Å²) in [6.07, 6.45) is 1.43. The van der Waals surface area contributed by atoms with E-state index in [1.54, 1.807) is 40.6 Å². The minimum absolute atomic E-state index is 0.139. The molecule has 0 saturated carbocycles. The minimum Gasteiger partial charge on any atom is -0.493 e. The molecule has 0 bridgehead atoms. The van der Waals surface area contributed by atoms with Gasteiger partial charge in [0.25, 0.3) is 0 Å². The zero-order chi connectivity index (χ0) is 25.5. The van der Waals surface area contributed by atoms with Crippen LogP contribution < -0.4 is 29.6 Å². The molecule has 11 heteroatoms. The molecule has 11 nitrogen and oxygen atoms in total. The first-order chi connectivity index (χ1) is 17.6. The number of benzene rings is 2. The number of carbonyl (C=O) groups is 1. The van der Waals surface area contributed by atoms with Crippen LogP contribution in [0.15, 0.2) is 59.2 Å². The highest BCUT2D eigenvalue weighted by Gasteiger charge is 2.20. The smallest absolute Gasteiger partial charge is 0.317 e. The Morgan fingerprint density at radius 1 is 0.833 bits per heavy atom. The summed E-state index contributed by atoms with van der Waals surface area (Å²) in [6.45, 7) is 0.758. The molecule has 2 aromatic heterocycles. The number of nitrogens with zero attached hydrogens (tertiary/aromatic N) is 3. The van der Waals surface area contributed by atoms with E-state index in [1.165, 1.54) is 6.26 Å². The SMILES string of the molecule is COc1ccc(CNc2nc(NCc3ccc(OC)c(OC)c3)n(C(=O)c3ccco3)n2)cc1OC. The highest BCUT2D eigenvalue weighted by Crippen LogP contribution is 2.29. The zero-order valence-corrected chi connectivity index (χ0v) is 20.4. The van der Waals surface area contributed by atoms with Crippen LogP contribution in [0.3, 0.4) is 0 Å². The van der Waals surface area contributed by atoms with Crippen molar-refractivity contribution in [3.05, 3.63) is 71.7 Å². The van der Waals surface area contributed by atoms with Crippen molar-refractivity contribution in [3.63, 3.8) is 0 Å². The van der Waals surface area contributed by atoms with E-state index in [1.807, 2.05) is 36.4 Å². The van der Waals surface area contributed by atoms with E-state index < -0.39 is 5.91 Å². The Bertz CT molecular complexity index is 1320. The van der Waals surface area contributed by atoms with Crippen LogP contribution in [-0.4, -0.2) is 49.1 Å². The summed E-state index contributed by atoms with van der Waals surface area (Å²) in [5.74, 6) is 2.67. The van der Waals surface area contributed by atoms with Crippen LogP contribution in [0.1, 0.15) is 21.7 Å². The van der Waals surface area contributed by atoms with Gasteiger partial charge in [0.1, 0.15) is 0 Å². The third-order valence-corrected chi connectivity index (χ3v) is 5.33. The molecule has 4 rings (SSSR count). The topological polar surface area (TPSA) is 122 Å². The molecule has 0 unspecified atom stereocenters. The Morgan fingerprint density at radius 3 is 1.94 bits per heavy atom. The van der Waals surface area contributed by atoms with Gasteiger partial charge in [0, 0.05) is 13.1 Å². The van der Waals surface area contributed by atoms with Gasteiger partial charge in [-0.1, -0.05) is 12.1 Å². The van der Waals surface area contributed by atoms with E-state index in [4.69, 9.17) is 23.4 Å². The molecular formula is C25H27N5O6. The molecule has 0 saturated heterocycles. The predicted molar refractivity (Wildman–Crippen MR) is 132 cm³/mol. The van der Waals surface area contributed by atoms with Crippen LogP contribution >= 0.6 is 0 Å². The third kappa shape index (κ3) is 5.35. The van der Waals surface area contributed by atoms with Crippen LogP contribution in [0.25, 0.3) is 0 Å². The van der Waals surface area contributed by atoms with Crippen molar-refractivity contribution in [2.75, 3.05) is 39.1 Å². The standard InChI is InChI=1S/C25H27N5O6/c1-32-18-9-7-16(12-21(18)34-3)14-26-24-28-25(30(29-24)23(31)20-6-5-11-36-20)27-15-17-8-10-19(33-2)22(13-17)35-4/h5-13H,14-15H2,1-4H3,(H2,26,27,28,29). The first-order valence-corrected chi connectivity index (χ1v) is 11.0. The van der Waals surface area contributed by atoms with Gasteiger partial charge in [-0.15, -0.1) is 5.10 Å². The Balaban J connectivity index is 1.54. The summed E-state index contributed by atoms with van der Waals surface area (Å²) in [5, 5.41) is 10.7. The van der Waals surface area contributed by atoms with Crippen molar-refractivity contribution < 1.29 is 28.2 Å². The number of nitrogens with one attached hydrogen (secondary N) is 2. The van der Waals surface area contributed by atoms with Crippen LogP contribution in [0.2, 0.25) is 0 Å². The minimum atomic E-state index is -0.457. The molecule has 0 radical (unpaired) electrons. The van der Waals surface area contributed by atoms with Crippen molar-refractivity contribution in [3.8, 4) is 23.0 Å². The molecule has 36 heavy (non-hydrogen) atoms. The highest BCUT2D eigenvalue weighted by molar-refractivity contribution is 5.94. The van der Waals surface area contributed by atoms with Crippen LogP contribution in [0.5, 0.6) is 23.0 Å². The summed E-state index contributed by atoms with van der Waals surface area (Å²) in [5.41, 5.74) is 1.81. The van der Waals surface area contributed by atoms with Gasteiger partial charge < -0.3 is 34.0 Å². The predicted octanol–water partition coefficient (Wildman–Crippen LogP) is 3.82. The summed E-state index contributed by atoms with van der Waals surface area (Å²) >= 11 is 0. The number of carbonyl (C=O) groups excluding carboxylic acids is 1. The van der Waals surface area contributed by atoms with E-state index in [0.29, 0.717) is 36.1 Å². The lowest BCUT2D eigenvalue weighted by molar-refractivity contribution is 0.0920. The number of hydrogen-bond donors (Lipinski definition) is 2. The molecule has 0 aliphatic carbocycles. The van der Waals surface area contributed by atoms with Gasteiger partial charge in [0.05, 0.1) is 34.7 Å². The van der Waals surface area contributed by atoms with Gasteiger partial charge in [-0.05, 0) is 47.5 Å². The molecule has 0 spiro atoms. The second-order valence-corrected chi connectivity index (χ2v) is 7.54. The average molecular weight is 494 g/mol. The number of methoxy groups -OCH3 is 4. The maximum Gasteiger partial charge on any atom is 0.317 e. The first-order valence-electron chi connectivity index (χ1n) is 11.0. The molecule has 2 aromatic carbocycles. The molecule has 0 aliphatic heterocycles. The van der Waals surface area contributed by atoms with Crippen molar-refractivity contribution in [2.45, 2.75) is 13.1 Å². The maximum atomic E-state index is 13.0. The summed E-state index contributed by atoms with van der Waals surface area (Å²) in [4.78, 5) is 17.5. The average Bonchev–Trinajstić information content (AvgIpc) is 3.60. The van der Waals surface area contributed by atoms with Crippen molar-refractivity contribution in [2.24, 2.45) is 0 Å². The lowest BCUT2D eigenvalue weighted by Crippen LogP contribution is -2.17. The van der Waals surface area contributed by atoms with Gasteiger partial charge in [-0.25, -0.2) is 0 Å². The second kappa shape index (κ2) is 11.2. The van der Waals surface area contributed by atoms with Crippen molar-refractivity contribution in [1.29, 1.82) is 0 Å². The fourth-order valence-electron chi connectivity index (χ4n) is 3.49. The van der Waals surface area contributed by atoms with Crippen LogP contribution in [0, 0.1) is 0 Å². The lowest BCUT2D eigenvalue weighted by atomic mass is 10.2. The normalized spacial score (nSPS) is 10.6. The maximum absolute atomic E-state index is 13.0. The lowest BCUT2D eigenvalue weighted by Gasteiger charge is -2.10. The molecule has 0 fully saturated rings. The Labute approximate surface area is 207 Å². The number of aromatic nitrogens is 3. The van der Waals surface area contributed by atoms with Gasteiger partial charge >= 0.3 is 5.91 Å². The van der Waals surface area contributed by atoms with E-state index in [-0.39, 0.29) is 17.7 Å². The number of hydrogen-bond acceptors (Lipinski definition) is 10. The van der Waals surface area contributed by atoms with Crippen molar-refractivity contribution >= 4 is 17.8 Å². The summed E-state index contributed by atoms with van der Waals surface area (Å²) in [7, 11) is 6.31. The molecular weight excluding hydrogens is 466 g/mol.